The van der Waals surface area contributed by atoms with Crippen LogP contribution in [0, 0.1) is 12.7 Å². The number of carbonyl (C=O) groups is 2. The molecule has 1 aromatic heterocycles. The van der Waals surface area contributed by atoms with Crippen molar-refractivity contribution in [1.82, 2.24) is 4.98 Å². The van der Waals surface area contributed by atoms with Crippen molar-refractivity contribution in [2.75, 3.05) is 11.1 Å². The Kier molecular flexibility index (Phi) is 4.98. The number of nitrogens with two attached hydrogens (primary N) is 1. The maximum absolute atomic E-state index is 14.2. The smallest absolute Gasteiger partial charge is 0.256 e. The van der Waals surface area contributed by atoms with Crippen LogP contribution in [0.1, 0.15) is 33.2 Å². The Morgan fingerprint density at radius 1 is 0.963 bits per heavy atom. The molecule has 3 aromatic rings. The van der Waals surface area contributed by atoms with Gasteiger partial charge in [-0.15, -0.1) is 0 Å². The van der Waals surface area contributed by atoms with Crippen LogP contribution in [0.15, 0.2) is 54.6 Å². The Bertz CT molecular complexity index is 1030. The molecule has 0 saturated heterocycles. The lowest BCUT2D eigenvalue weighted by Crippen LogP contribution is -2.13. The molecule has 1 amide bonds. The molecular weight excluding hydrogens is 345 g/mol. The molecule has 1 heterocycles. The normalized spacial score (nSPS) is 10.5. The molecule has 0 aliphatic rings. The van der Waals surface area contributed by atoms with Gasteiger partial charge in [-0.05, 0) is 56.3 Å². The second kappa shape index (κ2) is 7.37. The third-order valence-electron chi connectivity index (χ3n) is 4.14. The van der Waals surface area contributed by atoms with Crippen LogP contribution in [0.2, 0.25) is 0 Å². The standard InChI is InChI=1S/C21H18FN3O2/c1-12-3-5-14(6-4-12)21(27)25-19-10-8-16(20(23)24-19)17-11-15(13(2)26)7-9-18(17)22/h3-11H,1-2H3,(H3,23,24,25,27). The Labute approximate surface area is 156 Å². The van der Waals surface area contributed by atoms with E-state index in [4.69, 9.17) is 5.73 Å². The van der Waals surface area contributed by atoms with E-state index in [1.54, 1.807) is 18.2 Å². The van der Waals surface area contributed by atoms with Gasteiger partial charge >= 0.3 is 0 Å². The maximum atomic E-state index is 14.2. The molecule has 0 aliphatic carbocycles. The molecule has 3 rings (SSSR count). The SMILES string of the molecule is CC(=O)c1ccc(F)c(-c2ccc(NC(=O)c3ccc(C)cc3)nc2N)c1. The fourth-order valence-corrected chi connectivity index (χ4v) is 2.62. The number of aryl methyl sites for hydroxylation is 1. The van der Waals surface area contributed by atoms with Gasteiger partial charge in [0, 0.05) is 22.3 Å². The van der Waals surface area contributed by atoms with Crippen molar-refractivity contribution >= 4 is 23.3 Å². The number of hydrogen-bond acceptors (Lipinski definition) is 4. The first kappa shape index (κ1) is 18.3. The maximum Gasteiger partial charge on any atom is 0.256 e. The summed E-state index contributed by atoms with van der Waals surface area (Å²) in [5.41, 5.74) is 8.42. The predicted molar refractivity (Wildman–Crippen MR) is 103 cm³/mol. The molecule has 27 heavy (non-hydrogen) atoms. The van der Waals surface area contributed by atoms with Gasteiger partial charge in [0.2, 0.25) is 0 Å². The zero-order valence-corrected chi connectivity index (χ0v) is 14.9. The fraction of sp³-hybridized carbons (Fsp3) is 0.0952. The number of nitrogens with zero attached hydrogens (tertiary/aromatic N) is 1. The zero-order valence-electron chi connectivity index (χ0n) is 14.9. The molecule has 0 unspecified atom stereocenters. The van der Waals surface area contributed by atoms with Gasteiger partial charge < -0.3 is 11.1 Å². The molecule has 136 valence electrons. The first-order chi connectivity index (χ1) is 12.8. The lowest BCUT2D eigenvalue weighted by atomic mass is 10.0. The minimum atomic E-state index is -0.509. The topological polar surface area (TPSA) is 85.1 Å². The van der Waals surface area contributed by atoms with Crippen molar-refractivity contribution in [3.05, 3.63) is 77.1 Å². The number of benzene rings is 2. The minimum Gasteiger partial charge on any atom is -0.383 e. The largest absolute Gasteiger partial charge is 0.383 e. The van der Waals surface area contributed by atoms with Gasteiger partial charge in [-0.3, -0.25) is 9.59 Å². The Morgan fingerprint density at radius 3 is 2.26 bits per heavy atom. The van der Waals surface area contributed by atoms with Crippen molar-refractivity contribution in [2.24, 2.45) is 0 Å². The fourth-order valence-electron chi connectivity index (χ4n) is 2.62. The second-order valence-electron chi connectivity index (χ2n) is 6.20. The number of carbonyl (C=O) groups excluding carboxylic acids is 2. The van der Waals surface area contributed by atoms with Crippen LogP contribution in [0.4, 0.5) is 16.0 Å². The van der Waals surface area contributed by atoms with Crippen LogP contribution in [-0.4, -0.2) is 16.7 Å². The second-order valence-corrected chi connectivity index (χ2v) is 6.20. The minimum absolute atomic E-state index is 0.0521. The van der Waals surface area contributed by atoms with E-state index in [2.05, 4.69) is 10.3 Å². The van der Waals surface area contributed by atoms with Crippen LogP contribution >= 0.6 is 0 Å². The molecule has 0 aliphatic heterocycles. The molecule has 3 N–H and O–H groups in total. The summed E-state index contributed by atoms with van der Waals surface area (Å²) in [5.74, 6) is -0.699. The van der Waals surface area contributed by atoms with Gasteiger partial charge in [0.05, 0.1) is 0 Å². The number of ketones is 1. The van der Waals surface area contributed by atoms with Gasteiger partial charge in [0.15, 0.2) is 5.78 Å². The highest BCUT2D eigenvalue weighted by Gasteiger charge is 2.14. The van der Waals surface area contributed by atoms with Crippen LogP contribution in [-0.2, 0) is 0 Å². The number of nitrogen functional groups attached to an aromatic ring is 1. The van der Waals surface area contributed by atoms with Crippen LogP contribution < -0.4 is 11.1 Å². The lowest BCUT2D eigenvalue weighted by Gasteiger charge is -2.11. The van der Waals surface area contributed by atoms with Crippen molar-refractivity contribution in [1.29, 1.82) is 0 Å². The van der Waals surface area contributed by atoms with Gasteiger partial charge in [-0.2, -0.15) is 0 Å². The summed E-state index contributed by atoms with van der Waals surface area (Å²) in [6.07, 6.45) is 0. The van der Waals surface area contributed by atoms with Crippen molar-refractivity contribution in [2.45, 2.75) is 13.8 Å². The molecule has 0 spiro atoms. The summed E-state index contributed by atoms with van der Waals surface area (Å²) in [6, 6.07) is 14.3. The quantitative estimate of drug-likeness (QED) is 0.679. The molecule has 0 radical (unpaired) electrons. The van der Waals surface area contributed by atoms with Crippen LogP contribution in [0.5, 0.6) is 0 Å². The zero-order chi connectivity index (χ0) is 19.6. The Hall–Kier alpha value is -3.54. The van der Waals surface area contributed by atoms with E-state index >= 15 is 0 Å². The highest BCUT2D eigenvalue weighted by atomic mass is 19.1. The summed E-state index contributed by atoms with van der Waals surface area (Å²) in [4.78, 5) is 28.0. The molecule has 6 heteroatoms. The third-order valence-corrected chi connectivity index (χ3v) is 4.14. The molecule has 0 bridgehead atoms. The Balaban J connectivity index is 1.88. The molecule has 0 saturated carbocycles. The molecule has 0 atom stereocenters. The van der Waals surface area contributed by atoms with Gasteiger partial charge in [0.25, 0.3) is 5.91 Å². The summed E-state index contributed by atoms with van der Waals surface area (Å²) in [5, 5.41) is 2.66. The number of anilines is 2. The first-order valence-corrected chi connectivity index (χ1v) is 8.30. The van der Waals surface area contributed by atoms with Gasteiger partial charge in [-0.1, -0.05) is 17.7 Å². The van der Waals surface area contributed by atoms with E-state index in [1.165, 1.54) is 31.2 Å². The average Bonchev–Trinajstić information content (AvgIpc) is 2.63. The molecular formula is C21H18FN3O2. The van der Waals surface area contributed by atoms with E-state index in [1.807, 2.05) is 19.1 Å². The van der Waals surface area contributed by atoms with Crippen LogP contribution in [0.3, 0.4) is 0 Å². The van der Waals surface area contributed by atoms with E-state index in [0.717, 1.165) is 5.56 Å². The number of aromatic nitrogens is 1. The highest BCUT2D eigenvalue weighted by Crippen LogP contribution is 2.29. The van der Waals surface area contributed by atoms with E-state index in [-0.39, 0.29) is 28.9 Å². The number of halogens is 1. The average molecular weight is 363 g/mol. The molecule has 5 nitrogen and oxygen atoms in total. The number of nitrogens with one attached hydrogen (secondary N) is 1. The number of hydrogen-bond donors (Lipinski definition) is 2. The molecule has 0 fully saturated rings. The molecule has 2 aromatic carbocycles. The summed E-state index contributed by atoms with van der Waals surface area (Å²) < 4.78 is 14.2. The van der Waals surface area contributed by atoms with Crippen LogP contribution in [0.25, 0.3) is 11.1 Å². The van der Waals surface area contributed by atoms with E-state index in [0.29, 0.717) is 16.7 Å². The third kappa shape index (κ3) is 4.00. The number of amides is 1. The van der Waals surface area contributed by atoms with Gasteiger partial charge in [0.1, 0.15) is 17.5 Å². The summed E-state index contributed by atoms with van der Waals surface area (Å²) >= 11 is 0. The Morgan fingerprint density at radius 2 is 1.63 bits per heavy atom. The highest BCUT2D eigenvalue weighted by molar-refractivity contribution is 6.04. The lowest BCUT2D eigenvalue weighted by molar-refractivity contribution is 0.101. The van der Waals surface area contributed by atoms with E-state index < -0.39 is 5.82 Å². The van der Waals surface area contributed by atoms with Gasteiger partial charge in [-0.25, -0.2) is 9.37 Å². The van der Waals surface area contributed by atoms with Crippen molar-refractivity contribution in [3.8, 4) is 11.1 Å². The van der Waals surface area contributed by atoms with Crippen molar-refractivity contribution in [3.63, 3.8) is 0 Å². The van der Waals surface area contributed by atoms with Crippen molar-refractivity contribution < 1.29 is 14.0 Å². The monoisotopic (exact) mass is 363 g/mol. The first-order valence-electron chi connectivity index (χ1n) is 8.30. The predicted octanol–water partition coefficient (Wildman–Crippen LogP) is 4.23. The number of pyridine rings is 1. The number of Topliss-reactive ketones (excluding diaryl/α,β-unsaturated/α-hetero) is 1. The summed E-state index contributed by atoms with van der Waals surface area (Å²) in [6.45, 7) is 3.34. The number of rotatable bonds is 4. The summed E-state index contributed by atoms with van der Waals surface area (Å²) in [7, 11) is 0. The van der Waals surface area contributed by atoms with E-state index in [9.17, 15) is 14.0 Å².